The van der Waals surface area contributed by atoms with E-state index in [-0.39, 0.29) is 17.8 Å². The molecule has 1 aromatic rings. The molecule has 0 aliphatic heterocycles. The fraction of sp³-hybridized carbons (Fsp3) is 0.533. The van der Waals surface area contributed by atoms with Crippen LogP contribution < -0.4 is 5.32 Å². The average Bonchev–Trinajstić information content (AvgIpc) is 2.78. The third-order valence-electron chi connectivity index (χ3n) is 3.78. The summed E-state index contributed by atoms with van der Waals surface area (Å²) < 4.78 is 13.3. The van der Waals surface area contributed by atoms with Crippen molar-refractivity contribution in [1.29, 1.82) is 0 Å². The maximum Gasteiger partial charge on any atom is 0.234 e. The van der Waals surface area contributed by atoms with Crippen molar-refractivity contribution in [3.8, 4) is 0 Å². The Morgan fingerprint density at radius 3 is 2.84 bits per heavy atom. The van der Waals surface area contributed by atoms with Crippen molar-refractivity contribution in [2.24, 2.45) is 0 Å². The average molecular weight is 264 g/mol. The van der Waals surface area contributed by atoms with Gasteiger partial charge in [0.15, 0.2) is 0 Å². The molecule has 0 spiro atoms. The number of nitrogens with zero attached hydrogens (tertiary/aromatic N) is 1. The molecule has 1 N–H and O–H groups in total. The van der Waals surface area contributed by atoms with E-state index in [1.54, 1.807) is 6.07 Å². The van der Waals surface area contributed by atoms with Gasteiger partial charge in [-0.1, -0.05) is 19.9 Å². The summed E-state index contributed by atoms with van der Waals surface area (Å²) in [6.45, 7) is 6.21. The van der Waals surface area contributed by atoms with Crippen LogP contribution in [0.1, 0.15) is 37.4 Å². The van der Waals surface area contributed by atoms with Crippen molar-refractivity contribution in [1.82, 2.24) is 10.2 Å². The van der Waals surface area contributed by atoms with Gasteiger partial charge in [-0.15, -0.1) is 0 Å². The second kappa shape index (κ2) is 6.15. The Morgan fingerprint density at radius 2 is 2.16 bits per heavy atom. The predicted octanol–water partition coefficient (Wildman–Crippen LogP) is 2.27. The molecule has 0 fully saturated rings. The predicted molar refractivity (Wildman–Crippen MR) is 73.4 cm³/mol. The third-order valence-corrected chi connectivity index (χ3v) is 3.78. The molecule has 0 radical (unpaired) electrons. The van der Waals surface area contributed by atoms with E-state index in [1.165, 1.54) is 6.07 Å². The summed E-state index contributed by atoms with van der Waals surface area (Å²) in [5.74, 6) is -0.213. The lowest BCUT2D eigenvalue weighted by Gasteiger charge is -2.20. The summed E-state index contributed by atoms with van der Waals surface area (Å²) >= 11 is 0. The highest BCUT2D eigenvalue weighted by Crippen LogP contribution is 2.31. The zero-order valence-electron chi connectivity index (χ0n) is 11.6. The number of rotatable bonds is 5. The van der Waals surface area contributed by atoms with E-state index in [2.05, 4.69) is 10.2 Å². The smallest absolute Gasteiger partial charge is 0.234 e. The summed E-state index contributed by atoms with van der Waals surface area (Å²) in [7, 11) is 0. The molecular formula is C15H21FN2O. The minimum atomic E-state index is -0.233. The van der Waals surface area contributed by atoms with E-state index in [9.17, 15) is 9.18 Å². The number of benzene rings is 1. The fourth-order valence-electron chi connectivity index (χ4n) is 2.61. The van der Waals surface area contributed by atoms with Crippen LogP contribution in [-0.4, -0.2) is 30.4 Å². The Hall–Kier alpha value is -1.42. The first-order valence-electron chi connectivity index (χ1n) is 6.94. The standard InChI is InChI=1S/C15H21FN2O/c1-3-18(4-2)10-15(19)17-14-8-6-11-5-7-12(16)9-13(11)14/h5,7,9,14H,3-4,6,8,10H2,1-2H3,(H,17,19)/t14-/m0/s1. The number of carbonyl (C=O) groups is 1. The Kier molecular flexibility index (Phi) is 4.53. The third kappa shape index (κ3) is 3.32. The summed E-state index contributed by atoms with van der Waals surface area (Å²) in [6.07, 6.45) is 1.77. The summed E-state index contributed by atoms with van der Waals surface area (Å²) in [5, 5.41) is 3.01. The van der Waals surface area contributed by atoms with Crippen molar-refractivity contribution < 1.29 is 9.18 Å². The lowest BCUT2D eigenvalue weighted by Crippen LogP contribution is -2.38. The van der Waals surface area contributed by atoms with Crippen molar-refractivity contribution in [3.63, 3.8) is 0 Å². The topological polar surface area (TPSA) is 32.3 Å². The molecule has 2 rings (SSSR count). The Morgan fingerprint density at radius 1 is 1.42 bits per heavy atom. The van der Waals surface area contributed by atoms with Crippen LogP contribution in [0, 0.1) is 5.82 Å². The zero-order chi connectivity index (χ0) is 13.8. The highest BCUT2D eigenvalue weighted by Gasteiger charge is 2.24. The zero-order valence-corrected chi connectivity index (χ0v) is 11.6. The van der Waals surface area contributed by atoms with Gasteiger partial charge in [0.25, 0.3) is 0 Å². The van der Waals surface area contributed by atoms with Crippen molar-refractivity contribution in [3.05, 3.63) is 35.1 Å². The molecule has 1 aliphatic carbocycles. The van der Waals surface area contributed by atoms with Crippen LogP contribution in [-0.2, 0) is 11.2 Å². The summed E-state index contributed by atoms with van der Waals surface area (Å²) in [4.78, 5) is 14.0. The molecule has 0 saturated carbocycles. The molecule has 104 valence electrons. The van der Waals surface area contributed by atoms with Gasteiger partial charge in [0.1, 0.15) is 5.82 Å². The number of nitrogens with one attached hydrogen (secondary N) is 1. The molecule has 0 unspecified atom stereocenters. The minimum Gasteiger partial charge on any atom is -0.348 e. The number of amides is 1. The molecule has 1 atom stereocenters. The monoisotopic (exact) mass is 264 g/mol. The van der Waals surface area contributed by atoms with Gasteiger partial charge in [-0.25, -0.2) is 4.39 Å². The second-order valence-electron chi connectivity index (χ2n) is 4.96. The van der Waals surface area contributed by atoms with Crippen LogP contribution in [0.15, 0.2) is 18.2 Å². The van der Waals surface area contributed by atoms with Gasteiger partial charge < -0.3 is 5.32 Å². The Balaban J connectivity index is 1.99. The van der Waals surface area contributed by atoms with Crippen LogP contribution >= 0.6 is 0 Å². The summed E-state index contributed by atoms with van der Waals surface area (Å²) in [5.41, 5.74) is 2.09. The Labute approximate surface area is 113 Å². The maximum absolute atomic E-state index is 13.3. The molecule has 0 bridgehead atoms. The Bertz CT molecular complexity index is 457. The molecular weight excluding hydrogens is 243 g/mol. The van der Waals surface area contributed by atoms with E-state index in [0.29, 0.717) is 6.54 Å². The van der Waals surface area contributed by atoms with Gasteiger partial charge in [-0.2, -0.15) is 0 Å². The minimum absolute atomic E-state index is 0.0193. The van der Waals surface area contributed by atoms with E-state index in [1.807, 2.05) is 19.9 Å². The normalized spacial score (nSPS) is 17.6. The molecule has 1 amide bonds. The van der Waals surface area contributed by atoms with Gasteiger partial charge >= 0.3 is 0 Å². The van der Waals surface area contributed by atoms with Gasteiger partial charge in [0.2, 0.25) is 5.91 Å². The maximum atomic E-state index is 13.3. The highest BCUT2D eigenvalue weighted by molar-refractivity contribution is 5.78. The number of carbonyl (C=O) groups excluding carboxylic acids is 1. The first-order valence-corrected chi connectivity index (χ1v) is 6.94. The first kappa shape index (κ1) is 14.0. The van der Waals surface area contributed by atoms with Crippen LogP contribution in [0.25, 0.3) is 0 Å². The van der Waals surface area contributed by atoms with E-state index >= 15 is 0 Å². The molecule has 0 saturated heterocycles. The second-order valence-corrected chi connectivity index (χ2v) is 4.96. The number of hydrogen-bond donors (Lipinski definition) is 1. The van der Waals surface area contributed by atoms with Gasteiger partial charge in [-0.3, -0.25) is 9.69 Å². The van der Waals surface area contributed by atoms with Crippen LogP contribution in [0.4, 0.5) is 4.39 Å². The molecule has 1 aliphatic rings. The number of likely N-dealkylation sites (N-methyl/N-ethyl adjacent to an activating group) is 1. The van der Waals surface area contributed by atoms with Gasteiger partial charge in [0.05, 0.1) is 12.6 Å². The van der Waals surface area contributed by atoms with Crippen LogP contribution in [0.5, 0.6) is 0 Å². The fourth-order valence-corrected chi connectivity index (χ4v) is 2.61. The van der Waals surface area contributed by atoms with Gasteiger partial charge in [0, 0.05) is 0 Å². The molecule has 0 heterocycles. The molecule has 4 heteroatoms. The quantitative estimate of drug-likeness (QED) is 0.885. The summed E-state index contributed by atoms with van der Waals surface area (Å²) in [6, 6.07) is 4.82. The van der Waals surface area contributed by atoms with Crippen LogP contribution in [0.3, 0.4) is 0 Å². The molecule has 19 heavy (non-hydrogen) atoms. The number of halogens is 1. The molecule has 0 aromatic heterocycles. The lowest BCUT2D eigenvalue weighted by atomic mass is 10.1. The highest BCUT2D eigenvalue weighted by atomic mass is 19.1. The van der Waals surface area contributed by atoms with Crippen molar-refractivity contribution in [2.75, 3.05) is 19.6 Å². The van der Waals surface area contributed by atoms with Crippen molar-refractivity contribution in [2.45, 2.75) is 32.7 Å². The number of aryl methyl sites for hydroxylation is 1. The van der Waals surface area contributed by atoms with E-state index in [4.69, 9.17) is 0 Å². The molecule has 1 aromatic carbocycles. The van der Waals surface area contributed by atoms with Gasteiger partial charge in [-0.05, 0) is 49.2 Å². The van der Waals surface area contributed by atoms with Crippen molar-refractivity contribution >= 4 is 5.91 Å². The van der Waals surface area contributed by atoms with E-state index in [0.717, 1.165) is 37.1 Å². The van der Waals surface area contributed by atoms with Crippen LogP contribution in [0.2, 0.25) is 0 Å². The number of hydrogen-bond acceptors (Lipinski definition) is 2. The SMILES string of the molecule is CCN(CC)CC(=O)N[C@H]1CCc2ccc(F)cc21. The lowest BCUT2D eigenvalue weighted by molar-refractivity contribution is -0.122. The first-order chi connectivity index (χ1) is 9.13. The largest absolute Gasteiger partial charge is 0.348 e. The number of fused-ring (bicyclic) bond motifs is 1. The molecule has 3 nitrogen and oxygen atoms in total. The van der Waals surface area contributed by atoms with E-state index < -0.39 is 0 Å².